The van der Waals surface area contributed by atoms with E-state index in [1.165, 1.54) is 0 Å². The van der Waals surface area contributed by atoms with Gasteiger partial charge in [-0.2, -0.15) is 0 Å². The third-order valence-corrected chi connectivity index (χ3v) is 2.14. The minimum Gasteiger partial charge on any atom is -0.328 e. The summed E-state index contributed by atoms with van der Waals surface area (Å²) in [5.74, 6) is 0. The van der Waals surface area contributed by atoms with E-state index in [1.54, 1.807) is 6.07 Å². The van der Waals surface area contributed by atoms with Gasteiger partial charge in [0, 0.05) is 16.1 Å². The average molecular weight is 204 g/mol. The first-order valence-electron chi connectivity index (χ1n) is 3.79. The molecule has 1 atom stereocenters. The van der Waals surface area contributed by atoms with Crippen LogP contribution in [0.1, 0.15) is 12.5 Å². The van der Waals surface area contributed by atoms with Crippen LogP contribution in [0.5, 0.6) is 0 Å². The second kappa shape index (κ2) is 4.13. The quantitative estimate of drug-likeness (QED) is 0.787. The van der Waals surface area contributed by atoms with E-state index in [0.29, 0.717) is 10.0 Å². The van der Waals surface area contributed by atoms with E-state index in [9.17, 15) is 0 Å². The number of nitrogens with two attached hydrogens (primary N) is 1. The van der Waals surface area contributed by atoms with Crippen molar-refractivity contribution in [1.29, 1.82) is 0 Å². The van der Waals surface area contributed by atoms with Gasteiger partial charge < -0.3 is 5.73 Å². The summed E-state index contributed by atoms with van der Waals surface area (Å²) in [4.78, 5) is 0. The molecule has 66 valence electrons. The van der Waals surface area contributed by atoms with Gasteiger partial charge in [-0.1, -0.05) is 29.3 Å². The Labute approximate surface area is 82.5 Å². The summed E-state index contributed by atoms with van der Waals surface area (Å²) in [5, 5.41) is 1.35. The summed E-state index contributed by atoms with van der Waals surface area (Å²) in [6.45, 7) is 1.95. The van der Waals surface area contributed by atoms with Crippen LogP contribution in [0.15, 0.2) is 18.2 Å². The van der Waals surface area contributed by atoms with Crippen molar-refractivity contribution in [3.63, 3.8) is 0 Å². The first kappa shape index (κ1) is 9.85. The van der Waals surface area contributed by atoms with Crippen LogP contribution >= 0.6 is 23.2 Å². The SMILES string of the molecule is C[C@@H](N)Cc1ccc(Cl)cc1Cl. The lowest BCUT2D eigenvalue weighted by Crippen LogP contribution is -2.17. The molecular formula is C9H11Cl2N. The second-order valence-electron chi connectivity index (χ2n) is 2.92. The highest BCUT2D eigenvalue weighted by molar-refractivity contribution is 6.35. The van der Waals surface area contributed by atoms with Crippen molar-refractivity contribution in [2.75, 3.05) is 0 Å². The van der Waals surface area contributed by atoms with Crippen molar-refractivity contribution in [3.8, 4) is 0 Å². The molecule has 3 heteroatoms. The third-order valence-electron chi connectivity index (χ3n) is 1.56. The molecule has 1 aromatic rings. The number of hydrogen-bond acceptors (Lipinski definition) is 1. The molecule has 1 nitrogen and oxygen atoms in total. The Morgan fingerprint density at radius 1 is 1.42 bits per heavy atom. The fourth-order valence-electron chi connectivity index (χ4n) is 1.03. The molecule has 1 rings (SSSR count). The van der Waals surface area contributed by atoms with Crippen LogP contribution in [0, 0.1) is 0 Å². The smallest absolute Gasteiger partial charge is 0.0453 e. The molecule has 0 heterocycles. The number of rotatable bonds is 2. The maximum absolute atomic E-state index is 5.93. The molecule has 0 aromatic heterocycles. The summed E-state index contributed by atoms with van der Waals surface area (Å²) in [5.41, 5.74) is 6.69. The van der Waals surface area contributed by atoms with Gasteiger partial charge in [0.2, 0.25) is 0 Å². The first-order chi connectivity index (χ1) is 5.59. The molecule has 0 bridgehead atoms. The van der Waals surface area contributed by atoms with Gasteiger partial charge in [-0.3, -0.25) is 0 Å². The molecule has 0 aliphatic carbocycles. The van der Waals surface area contributed by atoms with E-state index in [2.05, 4.69) is 0 Å². The lowest BCUT2D eigenvalue weighted by molar-refractivity contribution is 0.738. The Morgan fingerprint density at radius 3 is 2.58 bits per heavy atom. The standard InChI is InChI=1S/C9H11Cl2N/c1-6(12)4-7-2-3-8(10)5-9(7)11/h2-3,5-6H,4,12H2,1H3/t6-/m1/s1. The number of hydrogen-bond donors (Lipinski definition) is 1. The van der Waals surface area contributed by atoms with Crippen molar-refractivity contribution in [1.82, 2.24) is 0 Å². The maximum atomic E-state index is 5.93. The van der Waals surface area contributed by atoms with Gasteiger partial charge in [0.1, 0.15) is 0 Å². The molecule has 0 radical (unpaired) electrons. The van der Waals surface area contributed by atoms with Crippen LogP contribution in [0.2, 0.25) is 10.0 Å². The molecule has 0 fully saturated rings. The van der Waals surface area contributed by atoms with E-state index in [1.807, 2.05) is 19.1 Å². The number of halogens is 2. The van der Waals surface area contributed by atoms with E-state index >= 15 is 0 Å². The molecule has 0 spiro atoms. The Kier molecular flexibility index (Phi) is 3.39. The van der Waals surface area contributed by atoms with Gasteiger partial charge in [-0.25, -0.2) is 0 Å². The maximum Gasteiger partial charge on any atom is 0.0453 e. The average Bonchev–Trinajstić information content (AvgIpc) is 1.94. The fourth-order valence-corrected chi connectivity index (χ4v) is 1.52. The van der Waals surface area contributed by atoms with Crippen molar-refractivity contribution >= 4 is 23.2 Å². The van der Waals surface area contributed by atoms with Crippen LogP contribution in [0.25, 0.3) is 0 Å². The molecule has 0 saturated carbocycles. The zero-order valence-corrected chi connectivity index (χ0v) is 8.36. The van der Waals surface area contributed by atoms with Gasteiger partial charge in [0.15, 0.2) is 0 Å². The summed E-state index contributed by atoms with van der Waals surface area (Å²) in [6, 6.07) is 5.60. The first-order valence-corrected chi connectivity index (χ1v) is 4.54. The topological polar surface area (TPSA) is 26.0 Å². The molecule has 0 aliphatic heterocycles. The third kappa shape index (κ3) is 2.67. The second-order valence-corrected chi connectivity index (χ2v) is 3.76. The normalized spacial score (nSPS) is 13.0. The predicted molar refractivity (Wildman–Crippen MR) is 53.8 cm³/mol. The highest BCUT2D eigenvalue weighted by Gasteiger charge is 2.03. The molecule has 12 heavy (non-hydrogen) atoms. The van der Waals surface area contributed by atoms with Crippen LogP contribution in [0.3, 0.4) is 0 Å². The Balaban J connectivity index is 2.86. The summed E-state index contributed by atoms with van der Waals surface area (Å²) in [6.07, 6.45) is 0.788. The summed E-state index contributed by atoms with van der Waals surface area (Å²) < 4.78 is 0. The predicted octanol–water partition coefficient (Wildman–Crippen LogP) is 2.88. The lowest BCUT2D eigenvalue weighted by atomic mass is 10.1. The monoisotopic (exact) mass is 203 g/mol. The Morgan fingerprint density at radius 2 is 2.08 bits per heavy atom. The Hall–Kier alpha value is -0.240. The van der Waals surface area contributed by atoms with Gasteiger partial charge in [-0.05, 0) is 31.0 Å². The van der Waals surface area contributed by atoms with Gasteiger partial charge in [0.05, 0.1) is 0 Å². The fraction of sp³-hybridized carbons (Fsp3) is 0.333. The zero-order chi connectivity index (χ0) is 9.14. The van der Waals surface area contributed by atoms with Gasteiger partial charge in [-0.15, -0.1) is 0 Å². The highest BCUT2D eigenvalue weighted by Crippen LogP contribution is 2.21. The highest BCUT2D eigenvalue weighted by atomic mass is 35.5. The minimum absolute atomic E-state index is 0.128. The van der Waals surface area contributed by atoms with Crippen LogP contribution in [-0.4, -0.2) is 6.04 Å². The minimum atomic E-state index is 0.128. The Bertz CT molecular complexity index is 271. The molecule has 0 unspecified atom stereocenters. The summed E-state index contributed by atoms with van der Waals surface area (Å²) in [7, 11) is 0. The van der Waals surface area contributed by atoms with Crippen molar-refractivity contribution in [2.24, 2.45) is 5.73 Å². The molecular weight excluding hydrogens is 193 g/mol. The van der Waals surface area contributed by atoms with Crippen LogP contribution in [0.4, 0.5) is 0 Å². The molecule has 0 aliphatic rings. The van der Waals surface area contributed by atoms with E-state index in [-0.39, 0.29) is 6.04 Å². The van der Waals surface area contributed by atoms with Gasteiger partial charge >= 0.3 is 0 Å². The van der Waals surface area contributed by atoms with E-state index in [0.717, 1.165) is 12.0 Å². The molecule has 0 amide bonds. The van der Waals surface area contributed by atoms with Crippen LogP contribution in [-0.2, 0) is 6.42 Å². The van der Waals surface area contributed by atoms with Crippen molar-refractivity contribution in [2.45, 2.75) is 19.4 Å². The zero-order valence-electron chi connectivity index (χ0n) is 6.85. The van der Waals surface area contributed by atoms with E-state index in [4.69, 9.17) is 28.9 Å². The summed E-state index contributed by atoms with van der Waals surface area (Å²) >= 11 is 11.7. The lowest BCUT2D eigenvalue weighted by Gasteiger charge is -2.06. The molecule has 0 saturated heterocycles. The molecule has 2 N–H and O–H groups in total. The number of benzene rings is 1. The largest absolute Gasteiger partial charge is 0.328 e. The molecule has 1 aromatic carbocycles. The van der Waals surface area contributed by atoms with Crippen LogP contribution < -0.4 is 5.73 Å². The van der Waals surface area contributed by atoms with E-state index < -0.39 is 0 Å². The van der Waals surface area contributed by atoms with Gasteiger partial charge in [0.25, 0.3) is 0 Å². The van der Waals surface area contributed by atoms with Crippen molar-refractivity contribution in [3.05, 3.63) is 33.8 Å². The van der Waals surface area contributed by atoms with Crippen molar-refractivity contribution < 1.29 is 0 Å².